The number of anilines is 1. The van der Waals surface area contributed by atoms with Crippen LogP contribution in [0.2, 0.25) is 5.02 Å². The molecule has 0 saturated heterocycles. The van der Waals surface area contributed by atoms with Crippen LogP contribution < -0.4 is 15.4 Å². The van der Waals surface area contributed by atoms with Crippen molar-refractivity contribution in [3.63, 3.8) is 0 Å². The van der Waals surface area contributed by atoms with Crippen molar-refractivity contribution in [2.24, 2.45) is 0 Å². The number of rotatable bonds is 9. The van der Waals surface area contributed by atoms with E-state index in [1.165, 1.54) is 0 Å². The Hall–Kier alpha value is -3.39. The van der Waals surface area contributed by atoms with Gasteiger partial charge in [-0.25, -0.2) is 0 Å². The summed E-state index contributed by atoms with van der Waals surface area (Å²) < 4.78 is 10.7. The number of aryl methyl sites for hydroxylation is 1. The number of benzene rings is 2. The van der Waals surface area contributed by atoms with Crippen molar-refractivity contribution in [2.75, 3.05) is 11.9 Å². The third-order valence-electron chi connectivity index (χ3n) is 4.38. The van der Waals surface area contributed by atoms with Gasteiger partial charge in [-0.3, -0.25) is 9.59 Å². The van der Waals surface area contributed by atoms with Gasteiger partial charge in [0.15, 0.2) is 0 Å². The first kappa shape index (κ1) is 23.3. The fourth-order valence-electron chi connectivity index (χ4n) is 2.93. The number of amides is 2. The SMILES string of the molecule is CCOc1ccc(-c2noc(CCC(=O)Nc3cc(Cl)ccc3C(=O)NC(C)C)n2)cc1. The molecular formula is C23H25ClN4O4. The minimum absolute atomic E-state index is 0.0381. The van der Waals surface area contributed by atoms with Crippen molar-refractivity contribution in [2.45, 2.75) is 39.7 Å². The Kier molecular flexibility index (Phi) is 7.83. The standard InChI is InChI=1S/C23H25ClN4O4/c1-4-31-17-8-5-15(6-9-17)22-27-21(32-28-22)12-11-20(29)26-19-13-16(24)7-10-18(19)23(30)25-14(2)3/h5-10,13-14H,4,11-12H2,1-3H3,(H,25,30)(H,26,29). The molecule has 8 nitrogen and oxygen atoms in total. The quantitative estimate of drug-likeness (QED) is 0.491. The molecule has 0 spiro atoms. The predicted octanol–water partition coefficient (Wildman–Crippen LogP) is 4.50. The Morgan fingerprint density at radius 1 is 1.16 bits per heavy atom. The summed E-state index contributed by atoms with van der Waals surface area (Å²) in [4.78, 5) is 29.2. The summed E-state index contributed by atoms with van der Waals surface area (Å²) in [5.74, 6) is 0.952. The number of hydrogen-bond acceptors (Lipinski definition) is 6. The van der Waals surface area contributed by atoms with E-state index in [-0.39, 0.29) is 30.7 Å². The van der Waals surface area contributed by atoms with Crippen molar-refractivity contribution in [1.82, 2.24) is 15.5 Å². The molecule has 0 fully saturated rings. The number of nitrogens with zero attached hydrogens (tertiary/aromatic N) is 2. The lowest BCUT2D eigenvalue weighted by molar-refractivity contribution is -0.116. The molecule has 168 valence electrons. The van der Waals surface area contributed by atoms with Gasteiger partial charge in [0, 0.05) is 29.5 Å². The number of halogens is 1. The minimum Gasteiger partial charge on any atom is -0.494 e. The van der Waals surface area contributed by atoms with Crippen molar-refractivity contribution in [3.05, 3.63) is 58.9 Å². The topological polar surface area (TPSA) is 106 Å². The smallest absolute Gasteiger partial charge is 0.253 e. The van der Waals surface area contributed by atoms with Gasteiger partial charge in [0.2, 0.25) is 17.6 Å². The average Bonchev–Trinajstić information content (AvgIpc) is 3.22. The minimum atomic E-state index is -0.299. The first-order valence-electron chi connectivity index (χ1n) is 10.3. The monoisotopic (exact) mass is 456 g/mol. The molecule has 32 heavy (non-hydrogen) atoms. The van der Waals surface area contributed by atoms with Crippen LogP contribution in [0.3, 0.4) is 0 Å². The molecule has 2 aromatic carbocycles. The lowest BCUT2D eigenvalue weighted by Gasteiger charge is -2.13. The molecule has 1 aromatic heterocycles. The Balaban J connectivity index is 1.61. The molecule has 2 amide bonds. The highest BCUT2D eigenvalue weighted by Crippen LogP contribution is 2.23. The van der Waals surface area contributed by atoms with E-state index in [1.54, 1.807) is 18.2 Å². The molecule has 0 radical (unpaired) electrons. The van der Waals surface area contributed by atoms with E-state index in [1.807, 2.05) is 45.0 Å². The molecule has 3 aromatic rings. The second-order valence-electron chi connectivity index (χ2n) is 7.34. The molecule has 0 aliphatic carbocycles. The molecule has 2 N–H and O–H groups in total. The molecule has 1 heterocycles. The molecule has 0 aliphatic rings. The zero-order valence-corrected chi connectivity index (χ0v) is 18.9. The van der Waals surface area contributed by atoms with Crippen molar-refractivity contribution >= 4 is 29.1 Å². The van der Waals surface area contributed by atoms with E-state index in [4.69, 9.17) is 20.9 Å². The first-order chi connectivity index (χ1) is 15.4. The van der Waals surface area contributed by atoms with Crippen LogP contribution in [0.25, 0.3) is 11.4 Å². The molecule has 0 saturated carbocycles. The van der Waals surface area contributed by atoms with Gasteiger partial charge in [0.05, 0.1) is 17.9 Å². The van der Waals surface area contributed by atoms with E-state index in [9.17, 15) is 9.59 Å². The zero-order chi connectivity index (χ0) is 23.1. The van der Waals surface area contributed by atoms with Gasteiger partial charge in [-0.05, 0) is 63.2 Å². The maximum absolute atomic E-state index is 12.5. The molecular weight excluding hydrogens is 432 g/mol. The third-order valence-corrected chi connectivity index (χ3v) is 4.61. The predicted molar refractivity (Wildman–Crippen MR) is 122 cm³/mol. The molecule has 0 unspecified atom stereocenters. The van der Waals surface area contributed by atoms with Gasteiger partial charge < -0.3 is 19.9 Å². The lowest BCUT2D eigenvalue weighted by atomic mass is 10.1. The first-order valence-corrected chi connectivity index (χ1v) is 10.7. The molecule has 0 bridgehead atoms. The van der Waals surface area contributed by atoms with Crippen molar-refractivity contribution in [1.29, 1.82) is 0 Å². The summed E-state index contributed by atoms with van der Waals surface area (Å²) >= 11 is 6.05. The van der Waals surface area contributed by atoms with Crippen molar-refractivity contribution in [3.8, 4) is 17.1 Å². The van der Waals surface area contributed by atoms with Gasteiger partial charge in [0.1, 0.15) is 5.75 Å². The highest BCUT2D eigenvalue weighted by Gasteiger charge is 2.16. The average molecular weight is 457 g/mol. The number of carbonyl (C=O) groups is 2. The third kappa shape index (κ3) is 6.31. The Morgan fingerprint density at radius 3 is 2.59 bits per heavy atom. The van der Waals surface area contributed by atoms with Crippen LogP contribution in [-0.4, -0.2) is 34.6 Å². The number of ether oxygens (including phenoxy) is 1. The van der Waals surface area contributed by atoms with Gasteiger partial charge in [-0.15, -0.1) is 0 Å². The second-order valence-corrected chi connectivity index (χ2v) is 7.77. The van der Waals surface area contributed by atoms with E-state index < -0.39 is 0 Å². The highest BCUT2D eigenvalue weighted by molar-refractivity contribution is 6.31. The van der Waals surface area contributed by atoms with Crippen LogP contribution in [0.5, 0.6) is 5.75 Å². The summed E-state index contributed by atoms with van der Waals surface area (Å²) in [5, 5.41) is 9.94. The Bertz CT molecular complexity index is 1080. The highest BCUT2D eigenvalue weighted by atomic mass is 35.5. The number of carbonyl (C=O) groups excluding carboxylic acids is 2. The maximum Gasteiger partial charge on any atom is 0.253 e. The number of aromatic nitrogens is 2. The largest absolute Gasteiger partial charge is 0.494 e. The maximum atomic E-state index is 12.5. The fourth-order valence-corrected chi connectivity index (χ4v) is 3.10. The van der Waals surface area contributed by atoms with Gasteiger partial charge in [-0.1, -0.05) is 16.8 Å². The second kappa shape index (κ2) is 10.8. The van der Waals surface area contributed by atoms with Crippen LogP contribution in [0.15, 0.2) is 47.0 Å². The Labute approximate surface area is 191 Å². The van der Waals surface area contributed by atoms with Gasteiger partial charge in [0.25, 0.3) is 5.91 Å². The summed E-state index contributed by atoms with van der Waals surface area (Å²) in [7, 11) is 0. The molecule has 3 rings (SSSR count). The van der Waals surface area contributed by atoms with Gasteiger partial charge >= 0.3 is 0 Å². The van der Waals surface area contributed by atoms with Gasteiger partial charge in [-0.2, -0.15) is 4.98 Å². The fraction of sp³-hybridized carbons (Fsp3) is 0.304. The van der Waals surface area contributed by atoms with E-state index >= 15 is 0 Å². The molecule has 0 atom stereocenters. The summed E-state index contributed by atoms with van der Waals surface area (Å²) in [6, 6.07) is 12.0. The van der Waals surface area contributed by atoms with Crippen LogP contribution >= 0.6 is 11.6 Å². The molecule has 9 heteroatoms. The normalized spacial score (nSPS) is 10.8. The van der Waals surface area contributed by atoms with E-state index in [0.29, 0.717) is 34.6 Å². The van der Waals surface area contributed by atoms with Crippen LogP contribution in [0.4, 0.5) is 5.69 Å². The molecule has 0 aliphatic heterocycles. The van der Waals surface area contributed by atoms with Crippen molar-refractivity contribution < 1.29 is 18.8 Å². The Morgan fingerprint density at radius 2 is 1.91 bits per heavy atom. The van der Waals surface area contributed by atoms with Crippen LogP contribution in [0, 0.1) is 0 Å². The zero-order valence-electron chi connectivity index (χ0n) is 18.1. The van der Waals surface area contributed by atoms with Crippen LogP contribution in [-0.2, 0) is 11.2 Å². The van der Waals surface area contributed by atoms with Crippen LogP contribution in [0.1, 0.15) is 43.4 Å². The lowest BCUT2D eigenvalue weighted by Crippen LogP contribution is -2.31. The van der Waals surface area contributed by atoms with E-state index in [0.717, 1.165) is 11.3 Å². The summed E-state index contributed by atoms with van der Waals surface area (Å²) in [6.07, 6.45) is 0.354. The summed E-state index contributed by atoms with van der Waals surface area (Å²) in [6.45, 7) is 6.23. The number of hydrogen-bond donors (Lipinski definition) is 2. The summed E-state index contributed by atoms with van der Waals surface area (Å²) in [5.41, 5.74) is 1.47. The van der Waals surface area contributed by atoms with E-state index in [2.05, 4.69) is 20.8 Å². The number of nitrogens with one attached hydrogen (secondary N) is 2.